The number of hydrogen-bond donors (Lipinski definition) is 2. The number of hydrogen-bond acceptors (Lipinski definition) is 3. The number of nitrogens with one attached hydrogen (secondary N) is 2. The molecule has 2 heterocycles. The first kappa shape index (κ1) is 23.8. The molecule has 3 aromatic rings. The molecule has 178 valence electrons. The normalized spacial score (nSPS) is 13.9. The molecule has 1 aliphatic heterocycles. The third kappa shape index (κ3) is 5.78. The molecular formula is C26H30ClN5O2. The van der Waals surface area contributed by atoms with Crippen molar-refractivity contribution in [1.82, 2.24) is 14.7 Å². The van der Waals surface area contributed by atoms with Gasteiger partial charge in [0, 0.05) is 24.5 Å². The van der Waals surface area contributed by atoms with Gasteiger partial charge in [0.2, 0.25) is 0 Å². The monoisotopic (exact) mass is 479 g/mol. The smallest absolute Gasteiger partial charge is 0.321 e. The molecule has 2 aromatic carbocycles. The number of amides is 3. The molecule has 2 N–H and O–H groups in total. The van der Waals surface area contributed by atoms with Crippen LogP contribution in [0.3, 0.4) is 0 Å². The molecule has 0 aliphatic carbocycles. The Morgan fingerprint density at radius 2 is 1.47 bits per heavy atom. The minimum Gasteiger partial charge on any atom is -0.325 e. The number of rotatable bonds is 5. The van der Waals surface area contributed by atoms with Gasteiger partial charge in [-0.2, -0.15) is 5.10 Å². The molecule has 34 heavy (non-hydrogen) atoms. The number of aromatic nitrogens is 2. The van der Waals surface area contributed by atoms with Crippen molar-refractivity contribution in [1.29, 1.82) is 0 Å². The summed E-state index contributed by atoms with van der Waals surface area (Å²) in [5.74, 6) is -0.320. The van der Waals surface area contributed by atoms with E-state index in [9.17, 15) is 9.59 Å². The van der Waals surface area contributed by atoms with E-state index in [0.29, 0.717) is 34.3 Å². The summed E-state index contributed by atoms with van der Waals surface area (Å²) in [5, 5.41) is 10.6. The minimum atomic E-state index is -0.320. The Labute approximate surface area is 205 Å². The summed E-state index contributed by atoms with van der Waals surface area (Å²) in [7, 11) is 0. The molecule has 1 aliphatic rings. The molecule has 1 aromatic heterocycles. The van der Waals surface area contributed by atoms with E-state index in [1.807, 2.05) is 36.1 Å². The molecule has 0 spiro atoms. The van der Waals surface area contributed by atoms with Crippen LogP contribution < -0.4 is 10.6 Å². The van der Waals surface area contributed by atoms with Crippen molar-refractivity contribution in [3.63, 3.8) is 0 Å². The lowest BCUT2D eigenvalue weighted by atomic mass is 10.1. The van der Waals surface area contributed by atoms with E-state index in [-0.39, 0.29) is 11.9 Å². The Balaban J connectivity index is 1.39. The predicted molar refractivity (Wildman–Crippen MR) is 136 cm³/mol. The second kappa shape index (κ2) is 10.7. The van der Waals surface area contributed by atoms with E-state index in [4.69, 9.17) is 11.6 Å². The number of halogens is 1. The fraction of sp³-hybridized carbons (Fsp3) is 0.346. The molecule has 3 amide bonds. The van der Waals surface area contributed by atoms with Crippen LogP contribution in [-0.2, 0) is 6.54 Å². The Hall–Kier alpha value is -3.32. The molecule has 8 heteroatoms. The zero-order valence-electron chi connectivity index (χ0n) is 19.6. The first-order chi connectivity index (χ1) is 16.4. The summed E-state index contributed by atoms with van der Waals surface area (Å²) in [6.45, 7) is 5.87. The van der Waals surface area contributed by atoms with E-state index in [0.717, 1.165) is 31.5 Å². The van der Waals surface area contributed by atoms with Crippen LogP contribution in [0.2, 0.25) is 5.15 Å². The highest BCUT2D eigenvalue weighted by Gasteiger charge is 2.21. The van der Waals surface area contributed by atoms with E-state index in [1.165, 1.54) is 18.4 Å². The number of aryl methyl sites for hydroxylation is 2. The minimum absolute atomic E-state index is 0.0814. The zero-order valence-corrected chi connectivity index (χ0v) is 20.4. The van der Waals surface area contributed by atoms with Crippen LogP contribution in [0.15, 0.2) is 48.5 Å². The van der Waals surface area contributed by atoms with E-state index in [1.54, 1.807) is 35.9 Å². The third-order valence-electron chi connectivity index (χ3n) is 6.03. The van der Waals surface area contributed by atoms with Crippen LogP contribution >= 0.6 is 11.6 Å². The number of carbonyl (C=O) groups excluding carboxylic acids is 2. The lowest BCUT2D eigenvalue weighted by Gasteiger charge is -2.20. The summed E-state index contributed by atoms with van der Waals surface area (Å²) in [5.41, 5.74) is 4.45. The van der Waals surface area contributed by atoms with Crippen LogP contribution in [0.25, 0.3) is 0 Å². The quantitative estimate of drug-likeness (QED) is 0.480. The molecule has 7 nitrogen and oxygen atoms in total. The lowest BCUT2D eigenvalue weighted by Crippen LogP contribution is -2.35. The van der Waals surface area contributed by atoms with Gasteiger partial charge in [0.05, 0.1) is 17.8 Å². The first-order valence-electron chi connectivity index (χ1n) is 11.7. The SMILES string of the molecule is Cc1ccc(Cn2nc(C)c(C(=O)Nc3ccc(NC(=O)N4CCCCCC4)cc3)c2Cl)cc1. The highest BCUT2D eigenvalue weighted by atomic mass is 35.5. The molecule has 0 bridgehead atoms. The maximum absolute atomic E-state index is 12.9. The van der Waals surface area contributed by atoms with Crippen LogP contribution in [0.5, 0.6) is 0 Å². The van der Waals surface area contributed by atoms with Crippen molar-refractivity contribution >= 4 is 34.9 Å². The molecule has 0 atom stereocenters. The maximum atomic E-state index is 12.9. The van der Waals surface area contributed by atoms with Gasteiger partial charge in [-0.05, 0) is 56.5 Å². The van der Waals surface area contributed by atoms with Gasteiger partial charge >= 0.3 is 6.03 Å². The Morgan fingerprint density at radius 3 is 2.09 bits per heavy atom. The highest BCUT2D eigenvalue weighted by molar-refractivity contribution is 6.33. The summed E-state index contributed by atoms with van der Waals surface area (Å²) < 4.78 is 1.64. The largest absolute Gasteiger partial charge is 0.325 e. The molecular weight excluding hydrogens is 450 g/mol. The number of nitrogens with zero attached hydrogens (tertiary/aromatic N) is 3. The van der Waals surface area contributed by atoms with Crippen molar-refractivity contribution in [2.45, 2.75) is 46.1 Å². The number of benzene rings is 2. The molecule has 4 rings (SSSR count). The summed E-state index contributed by atoms with van der Waals surface area (Å²) in [4.78, 5) is 27.3. The topological polar surface area (TPSA) is 79.3 Å². The van der Waals surface area contributed by atoms with E-state index >= 15 is 0 Å². The van der Waals surface area contributed by atoms with E-state index < -0.39 is 0 Å². The van der Waals surface area contributed by atoms with Crippen molar-refractivity contribution in [3.8, 4) is 0 Å². The third-order valence-corrected chi connectivity index (χ3v) is 6.42. The number of urea groups is 1. The summed E-state index contributed by atoms with van der Waals surface area (Å²) >= 11 is 6.53. The Bertz CT molecular complexity index is 1150. The standard InChI is InChI=1S/C26H30ClN5O2/c1-18-7-9-20(10-8-18)17-32-24(27)23(19(2)30-32)25(33)28-21-11-13-22(14-12-21)29-26(34)31-15-5-3-4-6-16-31/h7-14H,3-6,15-17H2,1-2H3,(H,28,33)(H,29,34). The van der Waals surface area contributed by atoms with Crippen LogP contribution in [0.4, 0.5) is 16.2 Å². The molecule has 0 saturated carbocycles. The van der Waals surface area contributed by atoms with Crippen molar-refractivity contribution in [2.24, 2.45) is 0 Å². The van der Waals surface area contributed by atoms with Gasteiger partial charge in [-0.15, -0.1) is 0 Å². The van der Waals surface area contributed by atoms with Gasteiger partial charge in [0.1, 0.15) is 5.15 Å². The summed E-state index contributed by atoms with van der Waals surface area (Å²) in [6, 6.07) is 15.1. The number of likely N-dealkylation sites (tertiary alicyclic amines) is 1. The number of carbonyl (C=O) groups is 2. The fourth-order valence-electron chi connectivity index (χ4n) is 4.09. The molecule has 1 saturated heterocycles. The van der Waals surface area contributed by atoms with Gasteiger partial charge in [0.25, 0.3) is 5.91 Å². The van der Waals surface area contributed by atoms with Gasteiger partial charge in [-0.1, -0.05) is 54.3 Å². The van der Waals surface area contributed by atoms with Gasteiger partial charge in [-0.25, -0.2) is 9.48 Å². The Morgan fingerprint density at radius 1 is 0.882 bits per heavy atom. The van der Waals surface area contributed by atoms with Gasteiger partial charge in [-0.3, -0.25) is 4.79 Å². The second-order valence-electron chi connectivity index (χ2n) is 8.76. The van der Waals surface area contributed by atoms with Crippen molar-refractivity contribution in [2.75, 3.05) is 23.7 Å². The second-order valence-corrected chi connectivity index (χ2v) is 9.12. The molecule has 0 unspecified atom stereocenters. The van der Waals surface area contributed by atoms with Crippen LogP contribution in [-0.4, -0.2) is 39.7 Å². The maximum Gasteiger partial charge on any atom is 0.321 e. The lowest BCUT2D eigenvalue weighted by molar-refractivity contribution is 0.102. The van der Waals surface area contributed by atoms with Gasteiger partial charge < -0.3 is 15.5 Å². The molecule has 0 radical (unpaired) electrons. The molecule has 1 fully saturated rings. The highest BCUT2D eigenvalue weighted by Crippen LogP contribution is 2.23. The average Bonchev–Trinajstić information content (AvgIpc) is 2.99. The average molecular weight is 480 g/mol. The number of anilines is 2. The predicted octanol–water partition coefficient (Wildman–Crippen LogP) is 5.86. The van der Waals surface area contributed by atoms with Crippen LogP contribution in [0, 0.1) is 13.8 Å². The van der Waals surface area contributed by atoms with Crippen LogP contribution in [0.1, 0.15) is 52.9 Å². The summed E-state index contributed by atoms with van der Waals surface area (Å²) in [6.07, 6.45) is 4.43. The van der Waals surface area contributed by atoms with Gasteiger partial charge in [0.15, 0.2) is 0 Å². The fourth-order valence-corrected chi connectivity index (χ4v) is 4.41. The first-order valence-corrected chi connectivity index (χ1v) is 12.0. The van der Waals surface area contributed by atoms with Crippen molar-refractivity contribution in [3.05, 3.63) is 76.1 Å². The van der Waals surface area contributed by atoms with Crippen molar-refractivity contribution < 1.29 is 9.59 Å². The zero-order chi connectivity index (χ0) is 24.1. The Kier molecular flexibility index (Phi) is 7.53. The van der Waals surface area contributed by atoms with E-state index in [2.05, 4.69) is 15.7 Å².